The van der Waals surface area contributed by atoms with Crippen LogP contribution in [0, 0.1) is 11.8 Å². The lowest BCUT2D eigenvalue weighted by molar-refractivity contribution is 0.0588. The number of nitrogens with zero attached hydrogens (tertiary/aromatic N) is 1. The minimum atomic E-state index is -0.466. The average Bonchev–Trinajstić information content (AvgIpc) is 2.75. The van der Waals surface area contributed by atoms with E-state index in [4.69, 9.17) is 17.2 Å². The molecule has 1 aromatic carbocycles. The molecular formula is C25H40N4O2. The fourth-order valence-corrected chi connectivity index (χ4v) is 5.61. The molecule has 1 aromatic rings. The van der Waals surface area contributed by atoms with E-state index in [0.717, 1.165) is 50.5 Å². The van der Waals surface area contributed by atoms with Crippen LogP contribution in [0.2, 0.25) is 0 Å². The molecule has 172 valence electrons. The number of nitrogens with two attached hydrogens (primary N) is 3. The fourth-order valence-electron chi connectivity index (χ4n) is 5.61. The van der Waals surface area contributed by atoms with Gasteiger partial charge in [0.15, 0.2) is 0 Å². The Balaban J connectivity index is 1.98. The first-order valence-corrected chi connectivity index (χ1v) is 12.0. The van der Waals surface area contributed by atoms with Gasteiger partial charge in [-0.25, -0.2) is 0 Å². The molecule has 0 spiro atoms. The third-order valence-corrected chi connectivity index (χ3v) is 7.62. The number of hydrogen-bond acceptors (Lipinski definition) is 4. The summed E-state index contributed by atoms with van der Waals surface area (Å²) in [5.74, 6) is 0.416. The Morgan fingerprint density at radius 1 is 0.968 bits per heavy atom. The smallest absolute Gasteiger partial charge is 0.254 e. The molecule has 6 N–H and O–H groups in total. The van der Waals surface area contributed by atoms with Crippen molar-refractivity contribution in [2.75, 3.05) is 6.54 Å². The Bertz CT molecular complexity index is 796. The lowest BCUT2D eigenvalue weighted by Crippen LogP contribution is -2.47. The molecule has 6 heteroatoms. The molecular weight excluding hydrogens is 388 g/mol. The molecule has 0 saturated heterocycles. The molecule has 0 heterocycles. The Morgan fingerprint density at radius 3 is 2.16 bits per heavy atom. The van der Waals surface area contributed by atoms with Crippen LogP contribution in [-0.4, -0.2) is 41.4 Å². The van der Waals surface area contributed by atoms with E-state index in [1.165, 1.54) is 0 Å². The lowest BCUT2D eigenvalue weighted by Gasteiger charge is -2.40. The number of benzene rings is 1. The number of primary amides is 1. The number of amides is 2. The van der Waals surface area contributed by atoms with E-state index in [1.54, 1.807) is 12.1 Å². The zero-order chi connectivity index (χ0) is 22.7. The topological polar surface area (TPSA) is 115 Å². The van der Waals surface area contributed by atoms with Gasteiger partial charge in [0.25, 0.3) is 5.91 Å². The van der Waals surface area contributed by atoms with Crippen LogP contribution in [0.1, 0.15) is 97.9 Å². The van der Waals surface area contributed by atoms with Crippen LogP contribution in [0.15, 0.2) is 18.2 Å². The van der Waals surface area contributed by atoms with E-state index in [9.17, 15) is 9.59 Å². The zero-order valence-corrected chi connectivity index (χ0v) is 19.3. The maximum absolute atomic E-state index is 13.9. The van der Waals surface area contributed by atoms with Gasteiger partial charge in [-0.1, -0.05) is 26.8 Å². The van der Waals surface area contributed by atoms with Crippen LogP contribution in [0.5, 0.6) is 0 Å². The lowest BCUT2D eigenvalue weighted by atomic mass is 9.73. The molecule has 2 aliphatic carbocycles. The monoisotopic (exact) mass is 428 g/mol. The summed E-state index contributed by atoms with van der Waals surface area (Å²) in [4.78, 5) is 28.3. The highest BCUT2D eigenvalue weighted by molar-refractivity contribution is 6.02. The highest BCUT2D eigenvalue weighted by Crippen LogP contribution is 2.39. The Hall–Kier alpha value is -1.92. The molecule has 6 unspecified atom stereocenters. The van der Waals surface area contributed by atoms with Gasteiger partial charge in [-0.2, -0.15) is 0 Å². The predicted octanol–water partition coefficient (Wildman–Crippen LogP) is 3.38. The molecule has 31 heavy (non-hydrogen) atoms. The van der Waals surface area contributed by atoms with Crippen molar-refractivity contribution in [2.45, 2.75) is 89.8 Å². The molecule has 0 aromatic heterocycles. The summed E-state index contributed by atoms with van der Waals surface area (Å²) >= 11 is 0. The van der Waals surface area contributed by atoms with Gasteiger partial charge < -0.3 is 22.1 Å². The number of carbonyl (C=O) groups excluding carboxylic acids is 2. The van der Waals surface area contributed by atoms with Gasteiger partial charge in [0, 0.05) is 35.8 Å². The third-order valence-electron chi connectivity index (χ3n) is 7.62. The summed E-state index contributed by atoms with van der Waals surface area (Å²) in [6.45, 7) is 7.14. The second-order valence-corrected chi connectivity index (χ2v) is 9.89. The summed E-state index contributed by atoms with van der Waals surface area (Å²) < 4.78 is 0. The quantitative estimate of drug-likeness (QED) is 0.644. The number of hydrogen-bond donors (Lipinski definition) is 3. The molecule has 6 nitrogen and oxygen atoms in total. The van der Waals surface area contributed by atoms with Crippen molar-refractivity contribution in [3.8, 4) is 0 Å². The standard InChI is InChI=1S/C25H40N4O2/c1-4-12-29(18-9-11-22(27)16(3)14-18)25(31)20-7-5-6-19(24(28)30)23(20)17-8-10-21(26)15(2)13-17/h5-7,15-18,21-22H,4,8-14,26-27H2,1-3H3,(H2,28,30). The fraction of sp³-hybridized carbons (Fsp3) is 0.680. The van der Waals surface area contributed by atoms with Gasteiger partial charge in [-0.3, -0.25) is 9.59 Å². The molecule has 6 atom stereocenters. The van der Waals surface area contributed by atoms with Crippen molar-refractivity contribution in [3.05, 3.63) is 34.9 Å². The highest BCUT2D eigenvalue weighted by Gasteiger charge is 2.35. The summed E-state index contributed by atoms with van der Waals surface area (Å²) in [5, 5.41) is 0. The van der Waals surface area contributed by atoms with Crippen molar-refractivity contribution in [1.29, 1.82) is 0 Å². The highest BCUT2D eigenvalue weighted by atomic mass is 16.2. The van der Waals surface area contributed by atoms with Crippen molar-refractivity contribution < 1.29 is 9.59 Å². The molecule has 0 aliphatic heterocycles. The second-order valence-electron chi connectivity index (χ2n) is 9.89. The molecule has 2 fully saturated rings. The zero-order valence-electron chi connectivity index (χ0n) is 19.3. The molecule has 2 aliphatic rings. The molecule has 2 amide bonds. The van der Waals surface area contributed by atoms with E-state index in [0.29, 0.717) is 29.5 Å². The van der Waals surface area contributed by atoms with Crippen LogP contribution < -0.4 is 17.2 Å². The van der Waals surface area contributed by atoms with Gasteiger partial charge in [-0.15, -0.1) is 0 Å². The first-order valence-electron chi connectivity index (χ1n) is 12.0. The summed E-state index contributed by atoms with van der Waals surface area (Å²) in [6, 6.07) is 5.99. The van der Waals surface area contributed by atoms with Gasteiger partial charge in [0.1, 0.15) is 0 Å². The summed E-state index contributed by atoms with van der Waals surface area (Å²) in [6.07, 6.45) is 6.32. The van der Waals surface area contributed by atoms with Crippen molar-refractivity contribution in [3.63, 3.8) is 0 Å². The van der Waals surface area contributed by atoms with Crippen LogP contribution in [0.25, 0.3) is 0 Å². The second kappa shape index (κ2) is 10.1. The van der Waals surface area contributed by atoms with Crippen LogP contribution in [-0.2, 0) is 0 Å². The predicted molar refractivity (Wildman–Crippen MR) is 125 cm³/mol. The molecule has 3 rings (SSSR count). The molecule has 0 radical (unpaired) electrons. The molecule has 2 saturated carbocycles. The normalized spacial score (nSPS) is 31.3. The Labute approximate surface area is 186 Å². The average molecular weight is 429 g/mol. The number of rotatable bonds is 6. The maximum Gasteiger partial charge on any atom is 0.254 e. The van der Waals surface area contributed by atoms with E-state index in [1.807, 2.05) is 11.0 Å². The first-order chi connectivity index (χ1) is 14.7. The molecule has 0 bridgehead atoms. The van der Waals surface area contributed by atoms with Crippen LogP contribution in [0.3, 0.4) is 0 Å². The first kappa shape index (κ1) is 23.7. The van der Waals surface area contributed by atoms with E-state index in [2.05, 4.69) is 20.8 Å². The maximum atomic E-state index is 13.9. The van der Waals surface area contributed by atoms with E-state index >= 15 is 0 Å². The van der Waals surface area contributed by atoms with Crippen molar-refractivity contribution in [2.24, 2.45) is 29.0 Å². The van der Waals surface area contributed by atoms with E-state index < -0.39 is 5.91 Å². The Morgan fingerprint density at radius 2 is 1.58 bits per heavy atom. The van der Waals surface area contributed by atoms with Gasteiger partial charge in [0.2, 0.25) is 5.91 Å². The van der Waals surface area contributed by atoms with Crippen LogP contribution in [0.4, 0.5) is 0 Å². The van der Waals surface area contributed by atoms with Crippen LogP contribution >= 0.6 is 0 Å². The van der Waals surface area contributed by atoms with Gasteiger partial charge in [0.05, 0.1) is 0 Å². The van der Waals surface area contributed by atoms with E-state index in [-0.39, 0.29) is 30.0 Å². The summed E-state index contributed by atoms with van der Waals surface area (Å²) in [7, 11) is 0. The summed E-state index contributed by atoms with van der Waals surface area (Å²) in [5.41, 5.74) is 20.2. The SMILES string of the molecule is CCCN(C(=O)c1cccc(C(N)=O)c1C1CCC(N)C(C)C1)C1CCC(N)C(C)C1. The van der Waals surface area contributed by atoms with Crippen molar-refractivity contribution >= 4 is 11.8 Å². The van der Waals surface area contributed by atoms with Gasteiger partial charge >= 0.3 is 0 Å². The Kier molecular flexibility index (Phi) is 7.76. The largest absolute Gasteiger partial charge is 0.366 e. The van der Waals surface area contributed by atoms with Gasteiger partial charge in [-0.05, 0) is 80.4 Å². The van der Waals surface area contributed by atoms with Crippen molar-refractivity contribution in [1.82, 2.24) is 4.90 Å². The third kappa shape index (κ3) is 5.12. The minimum Gasteiger partial charge on any atom is -0.366 e. The number of carbonyl (C=O) groups is 2. The minimum absolute atomic E-state index is 0.0233.